The van der Waals surface area contributed by atoms with E-state index >= 15 is 4.39 Å². The zero-order valence-corrected chi connectivity index (χ0v) is 23.2. The second-order valence-corrected chi connectivity index (χ2v) is 12.0. The summed E-state index contributed by atoms with van der Waals surface area (Å²) in [6.45, 7) is 1.82. The van der Waals surface area contributed by atoms with Crippen LogP contribution in [-0.2, 0) is 22.8 Å². The molecule has 2 aromatic heterocycles. The average molecular weight is 573 g/mol. The topological polar surface area (TPSA) is 118 Å². The van der Waals surface area contributed by atoms with Gasteiger partial charge in [-0.2, -0.15) is 4.98 Å². The van der Waals surface area contributed by atoms with E-state index in [2.05, 4.69) is 25.3 Å². The van der Waals surface area contributed by atoms with Crippen LogP contribution in [0.2, 0.25) is 0 Å². The first-order valence-electron chi connectivity index (χ1n) is 13.4. The Morgan fingerprint density at radius 1 is 1.05 bits per heavy atom. The Labute approximate surface area is 236 Å². The molecule has 3 aromatic carbocycles. The normalized spacial score (nSPS) is 15.7. The van der Waals surface area contributed by atoms with E-state index in [4.69, 9.17) is 0 Å². The van der Waals surface area contributed by atoms with Gasteiger partial charge in [0.2, 0.25) is 16.0 Å². The van der Waals surface area contributed by atoms with Crippen molar-refractivity contribution in [3.05, 3.63) is 94.7 Å². The van der Waals surface area contributed by atoms with Gasteiger partial charge in [0.15, 0.2) is 0 Å². The third kappa shape index (κ3) is 5.50. The van der Waals surface area contributed by atoms with Gasteiger partial charge in [-0.25, -0.2) is 17.8 Å². The van der Waals surface area contributed by atoms with Gasteiger partial charge in [0, 0.05) is 42.2 Å². The van der Waals surface area contributed by atoms with Gasteiger partial charge in [0.05, 0.1) is 11.4 Å². The lowest BCUT2D eigenvalue weighted by molar-refractivity contribution is 0.478. The highest BCUT2D eigenvalue weighted by atomic mass is 32.2. The standard InChI is InChI=1S/C30H29FN6O3S/c1-37-28-20(16-33-30(35-28)34-21-9-6-14-32-17-21)15-25(29(37)38)22-10-5-11-24-23(22)12-13-26(31)27(24)36-41(39,40)18-19-7-3-2-4-8-19/h2-5,7-8,10-13,15-16,21,32,36H,6,9,14,17-18H2,1H3,(H,33,34,35)/t21-/m0/s1. The largest absolute Gasteiger partial charge is 0.350 e. The highest BCUT2D eigenvalue weighted by Gasteiger charge is 2.20. The molecule has 5 aromatic rings. The van der Waals surface area contributed by atoms with E-state index in [0.29, 0.717) is 44.4 Å². The molecule has 0 unspecified atom stereocenters. The molecular weight excluding hydrogens is 543 g/mol. The maximum atomic E-state index is 15.1. The van der Waals surface area contributed by atoms with Crippen LogP contribution in [0.4, 0.5) is 16.0 Å². The van der Waals surface area contributed by atoms with Gasteiger partial charge in [-0.15, -0.1) is 0 Å². The molecule has 41 heavy (non-hydrogen) atoms. The number of fused-ring (bicyclic) bond motifs is 2. The fraction of sp³-hybridized carbons (Fsp3) is 0.233. The lowest BCUT2D eigenvalue weighted by Gasteiger charge is -2.23. The maximum absolute atomic E-state index is 15.1. The number of hydrogen-bond acceptors (Lipinski definition) is 7. The molecule has 0 aliphatic carbocycles. The Morgan fingerprint density at radius 2 is 1.88 bits per heavy atom. The third-order valence-electron chi connectivity index (χ3n) is 7.34. The molecule has 3 heterocycles. The predicted octanol–water partition coefficient (Wildman–Crippen LogP) is 4.39. The molecule has 3 N–H and O–H groups in total. The highest BCUT2D eigenvalue weighted by Crippen LogP contribution is 2.34. The summed E-state index contributed by atoms with van der Waals surface area (Å²) in [5.41, 5.74) is 1.54. The second kappa shape index (κ2) is 10.9. The van der Waals surface area contributed by atoms with E-state index in [1.54, 1.807) is 73.9 Å². The summed E-state index contributed by atoms with van der Waals surface area (Å²) in [6.07, 6.45) is 3.76. The molecule has 210 valence electrons. The van der Waals surface area contributed by atoms with Crippen LogP contribution < -0.4 is 20.9 Å². The van der Waals surface area contributed by atoms with Crippen molar-refractivity contribution in [1.82, 2.24) is 19.9 Å². The second-order valence-electron chi connectivity index (χ2n) is 10.3. The van der Waals surface area contributed by atoms with Gasteiger partial charge in [-0.3, -0.25) is 14.1 Å². The van der Waals surface area contributed by atoms with Crippen LogP contribution in [0.3, 0.4) is 0 Å². The number of benzene rings is 3. The van der Waals surface area contributed by atoms with Crippen molar-refractivity contribution < 1.29 is 12.8 Å². The quantitative estimate of drug-likeness (QED) is 0.265. The summed E-state index contributed by atoms with van der Waals surface area (Å²) >= 11 is 0. The minimum Gasteiger partial charge on any atom is -0.350 e. The van der Waals surface area contributed by atoms with E-state index in [1.807, 2.05) is 0 Å². The Balaban J connectivity index is 1.39. The van der Waals surface area contributed by atoms with Crippen LogP contribution in [0.1, 0.15) is 18.4 Å². The average Bonchev–Trinajstić information content (AvgIpc) is 2.97. The number of nitrogens with zero attached hydrogens (tertiary/aromatic N) is 3. The monoisotopic (exact) mass is 572 g/mol. The number of halogens is 1. The van der Waals surface area contributed by atoms with E-state index in [9.17, 15) is 13.2 Å². The number of pyridine rings is 1. The molecule has 1 atom stereocenters. The van der Waals surface area contributed by atoms with Crippen molar-refractivity contribution in [3.63, 3.8) is 0 Å². The van der Waals surface area contributed by atoms with Crippen LogP contribution in [0.15, 0.2) is 77.7 Å². The molecule has 6 rings (SSSR count). The number of rotatable bonds is 7. The van der Waals surface area contributed by atoms with Crippen LogP contribution in [0, 0.1) is 5.82 Å². The summed E-state index contributed by atoms with van der Waals surface area (Å²) in [7, 11) is -2.27. The lowest BCUT2D eigenvalue weighted by atomic mass is 9.97. The predicted molar refractivity (Wildman–Crippen MR) is 160 cm³/mol. The van der Waals surface area contributed by atoms with Crippen molar-refractivity contribution in [3.8, 4) is 11.1 Å². The molecule has 0 spiro atoms. The van der Waals surface area contributed by atoms with Gasteiger partial charge < -0.3 is 10.6 Å². The first-order valence-corrected chi connectivity index (χ1v) is 15.0. The van der Waals surface area contributed by atoms with Crippen molar-refractivity contribution in [2.45, 2.75) is 24.6 Å². The number of aryl methyl sites for hydroxylation is 1. The molecule has 1 aliphatic rings. The third-order valence-corrected chi connectivity index (χ3v) is 8.56. The molecule has 1 saturated heterocycles. The summed E-state index contributed by atoms with van der Waals surface area (Å²) in [5, 5.41) is 8.24. The van der Waals surface area contributed by atoms with Gasteiger partial charge in [0.1, 0.15) is 11.5 Å². The first kappa shape index (κ1) is 26.9. The molecule has 0 amide bonds. The fourth-order valence-corrected chi connectivity index (χ4v) is 6.54. The van der Waals surface area contributed by atoms with Crippen molar-refractivity contribution >= 4 is 43.5 Å². The number of nitrogens with one attached hydrogen (secondary N) is 3. The van der Waals surface area contributed by atoms with E-state index in [0.717, 1.165) is 25.9 Å². The summed E-state index contributed by atoms with van der Waals surface area (Å²) < 4.78 is 44.9. The molecule has 1 fully saturated rings. The van der Waals surface area contributed by atoms with Crippen LogP contribution >= 0.6 is 0 Å². The van der Waals surface area contributed by atoms with Gasteiger partial charge >= 0.3 is 0 Å². The Morgan fingerprint density at radius 3 is 2.66 bits per heavy atom. The van der Waals surface area contributed by atoms with E-state index < -0.39 is 15.8 Å². The minimum absolute atomic E-state index is 0.158. The minimum atomic E-state index is -3.92. The molecule has 0 radical (unpaired) electrons. The van der Waals surface area contributed by atoms with E-state index in [1.165, 1.54) is 10.6 Å². The Hall–Kier alpha value is -4.35. The molecular formula is C30H29FN6O3S. The molecule has 1 aliphatic heterocycles. The number of piperidine rings is 1. The Kier molecular flexibility index (Phi) is 7.14. The van der Waals surface area contributed by atoms with E-state index in [-0.39, 0.29) is 23.0 Å². The SMILES string of the molecule is Cn1c(=O)c(-c2cccc3c(NS(=O)(=O)Cc4ccccc4)c(F)ccc23)cc2cnc(N[C@H]3CCCNC3)nc21. The van der Waals surface area contributed by atoms with Crippen LogP contribution in [0.5, 0.6) is 0 Å². The first-order chi connectivity index (χ1) is 19.8. The molecule has 11 heteroatoms. The van der Waals surface area contributed by atoms with Crippen LogP contribution in [0.25, 0.3) is 32.9 Å². The summed E-state index contributed by atoms with van der Waals surface area (Å²) in [4.78, 5) is 22.7. The smallest absolute Gasteiger partial charge is 0.259 e. The van der Waals surface area contributed by atoms with Crippen molar-refractivity contribution in [1.29, 1.82) is 0 Å². The van der Waals surface area contributed by atoms with Crippen molar-refractivity contribution in [2.75, 3.05) is 23.1 Å². The summed E-state index contributed by atoms with van der Waals surface area (Å²) in [5.74, 6) is -0.552. The number of aromatic nitrogens is 3. The number of anilines is 2. The van der Waals surface area contributed by atoms with Gasteiger partial charge in [-0.05, 0) is 48.0 Å². The zero-order chi connectivity index (χ0) is 28.6. The fourth-order valence-electron chi connectivity index (χ4n) is 5.32. The molecule has 9 nitrogen and oxygen atoms in total. The number of sulfonamides is 1. The highest BCUT2D eigenvalue weighted by molar-refractivity contribution is 7.91. The van der Waals surface area contributed by atoms with Crippen molar-refractivity contribution in [2.24, 2.45) is 7.05 Å². The zero-order valence-electron chi connectivity index (χ0n) is 22.4. The Bertz CT molecular complexity index is 1920. The molecule has 0 bridgehead atoms. The maximum Gasteiger partial charge on any atom is 0.259 e. The lowest BCUT2D eigenvalue weighted by Crippen LogP contribution is -2.38. The molecule has 0 saturated carbocycles. The van der Waals surface area contributed by atoms with Crippen LogP contribution in [-0.4, -0.2) is 42.1 Å². The van der Waals surface area contributed by atoms with Gasteiger partial charge in [-0.1, -0.05) is 54.6 Å². The summed E-state index contributed by atoms with van der Waals surface area (Å²) in [6, 6.07) is 18.5. The number of hydrogen-bond donors (Lipinski definition) is 3. The van der Waals surface area contributed by atoms with Gasteiger partial charge in [0.25, 0.3) is 5.56 Å².